The first-order valence-electron chi connectivity index (χ1n) is 0.663. The van der Waals surface area contributed by atoms with Crippen molar-refractivity contribution in [3.05, 3.63) is 5.33 Å². The van der Waals surface area contributed by atoms with Crippen LogP contribution in [0, 0.1) is 11.0 Å². The fraction of sp³-hybridized carbons (Fsp3) is 0. The van der Waals surface area contributed by atoms with Crippen molar-refractivity contribution >= 4 is 24.6 Å². The third-order valence-electron chi connectivity index (χ3n) is 0.0423. The van der Waals surface area contributed by atoms with Crippen LogP contribution < -0.4 is 0 Å². The van der Waals surface area contributed by atoms with E-state index in [0.717, 1.165) is 0 Å². The van der Waals surface area contributed by atoms with Gasteiger partial charge in [-0.05, 0) is 0 Å². The molecule has 0 spiro atoms. The molecular weight excluding hydrogens is 135 g/mol. The predicted molar refractivity (Wildman–Crippen MR) is 23.0 cm³/mol. The SMILES string of the molecule is P#C[C]Br. The first-order valence-corrected chi connectivity index (χ1v) is 1.90. The van der Waals surface area contributed by atoms with Gasteiger partial charge in [0.15, 0.2) is 0 Å². The Morgan fingerprint density at radius 3 is 2.00 bits per heavy atom. The minimum atomic E-state index is 2.29. The van der Waals surface area contributed by atoms with Crippen LogP contribution in [0.4, 0.5) is 0 Å². The summed E-state index contributed by atoms with van der Waals surface area (Å²) in [4.78, 5) is 0. The van der Waals surface area contributed by atoms with Crippen molar-refractivity contribution in [2.24, 2.45) is 0 Å². The molecule has 2 heteroatoms. The molecule has 4 heavy (non-hydrogen) atoms. The number of halogens is 1. The number of hydrogen-bond donors (Lipinski definition) is 0. The topological polar surface area (TPSA) is 0 Å². The summed E-state index contributed by atoms with van der Waals surface area (Å²) in [5.41, 5.74) is 2.29. The molecule has 0 amide bonds. The van der Waals surface area contributed by atoms with Gasteiger partial charge in [0.05, 0.1) is 0 Å². The molecule has 0 aromatic rings. The van der Waals surface area contributed by atoms with Gasteiger partial charge < -0.3 is 0 Å². The van der Waals surface area contributed by atoms with Crippen molar-refractivity contribution in [1.82, 2.24) is 0 Å². The fourth-order valence-electron chi connectivity index (χ4n) is 0. The van der Waals surface area contributed by atoms with Gasteiger partial charge in [0.1, 0.15) is 0 Å². The van der Waals surface area contributed by atoms with Crippen LogP contribution in [0.1, 0.15) is 0 Å². The Labute approximate surface area is 36.2 Å². The summed E-state index contributed by atoms with van der Waals surface area (Å²) in [6.07, 6.45) is 0. The monoisotopic (exact) mass is 134 g/mol. The van der Waals surface area contributed by atoms with E-state index in [9.17, 15) is 0 Å². The van der Waals surface area contributed by atoms with Gasteiger partial charge in [-0.25, -0.2) is 0 Å². The molecule has 20 valence electrons. The average Bonchev–Trinajstić information content (AvgIpc) is 1.37. The summed E-state index contributed by atoms with van der Waals surface area (Å²) in [6, 6.07) is 0. The Bertz CT molecular complexity index is 35.8. The molecule has 0 unspecified atom stereocenters. The molecular formula is C2BrP. The second-order valence-corrected chi connectivity index (χ2v) is 0.826. The molecule has 0 heterocycles. The minimum absolute atomic E-state index is 2.29. The van der Waals surface area contributed by atoms with E-state index >= 15 is 0 Å². The van der Waals surface area contributed by atoms with Crippen LogP contribution in [0.25, 0.3) is 0 Å². The Balaban J connectivity index is 2.43. The van der Waals surface area contributed by atoms with E-state index in [-0.39, 0.29) is 0 Å². The van der Waals surface area contributed by atoms with Gasteiger partial charge in [0, 0.05) is 0 Å². The van der Waals surface area contributed by atoms with Crippen LogP contribution >= 0.6 is 24.6 Å². The molecule has 0 aromatic carbocycles. The van der Waals surface area contributed by atoms with Crippen molar-refractivity contribution in [2.45, 2.75) is 0 Å². The van der Waals surface area contributed by atoms with Gasteiger partial charge in [0.25, 0.3) is 0 Å². The second kappa shape index (κ2) is 3.69. The van der Waals surface area contributed by atoms with Crippen LogP contribution in [0.2, 0.25) is 0 Å². The van der Waals surface area contributed by atoms with Gasteiger partial charge in [-0.3, -0.25) is 0 Å². The summed E-state index contributed by atoms with van der Waals surface area (Å²) in [6.45, 7) is 0. The normalized spacial score (nSPS) is 5.00. The third-order valence-corrected chi connectivity index (χ3v) is 0.659. The van der Waals surface area contributed by atoms with E-state index < -0.39 is 0 Å². The molecule has 0 aliphatic rings. The maximum absolute atomic E-state index is 3.51. The van der Waals surface area contributed by atoms with E-state index in [1.165, 1.54) is 0 Å². The molecule has 2 radical (unpaired) electrons. The molecule has 0 N–H and O–H groups in total. The van der Waals surface area contributed by atoms with Crippen molar-refractivity contribution in [3.8, 4) is 5.63 Å². The Morgan fingerprint density at radius 1 is 1.75 bits per heavy atom. The number of hydrogen-bond acceptors (Lipinski definition) is 0. The second-order valence-electron chi connectivity index (χ2n) is 0.206. The zero-order valence-electron chi connectivity index (χ0n) is 1.83. The van der Waals surface area contributed by atoms with E-state index in [2.05, 4.69) is 35.6 Å². The van der Waals surface area contributed by atoms with Crippen molar-refractivity contribution in [3.63, 3.8) is 0 Å². The first kappa shape index (κ1) is 4.69. The van der Waals surface area contributed by atoms with Gasteiger partial charge in [0.2, 0.25) is 0 Å². The van der Waals surface area contributed by atoms with Crippen LogP contribution in [0.15, 0.2) is 0 Å². The zero-order valence-corrected chi connectivity index (χ0v) is 4.31. The molecule has 0 aliphatic carbocycles. The predicted octanol–water partition coefficient (Wildman–Crippen LogP) is 1.79. The molecule has 0 saturated carbocycles. The molecule has 0 aromatic heterocycles. The van der Waals surface area contributed by atoms with Crippen LogP contribution in [-0.2, 0) is 0 Å². The van der Waals surface area contributed by atoms with E-state index in [1.807, 2.05) is 0 Å². The van der Waals surface area contributed by atoms with E-state index in [4.69, 9.17) is 0 Å². The van der Waals surface area contributed by atoms with Crippen molar-refractivity contribution < 1.29 is 0 Å². The van der Waals surface area contributed by atoms with Crippen molar-refractivity contribution in [1.29, 1.82) is 0 Å². The van der Waals surface area contributed by atoms with Crippen molar-refractivity contribution in [2.75, 3.05) is 0 Å². The first-order chi connectivity index (χ1) is 1.91. The van der Waals surface area contributed by atoms with E-state index in [1.54, 1.807) is 0 Å². The van der Waals surface area contributed by atoms with Gasteiger partial charge in [-0.2, -0.15) is 0 Å². The fourth-order valence-corrected chi connectivity index (χ4v) is 0. The van der Waals surface area contributed by atoms with E-state index in [0.29, 0.717) is 0 Å². The standard InChI is InChI=1S/C2BrP/c3-1-2-4. The van der Waals surface area contributed by atoms with Gasteiger partial charge in [-0.15, -0.1) is 0 Å². The third kappa shape index (κ3) is 2.69. The number of rotatable bonds is 0. The summed E-state index contributed by atoms with van der Waals surface area (Å²) in [7, 11) is 3.51. The molecule has 0 saturated heterocycles. The zero-order chi connectivity index (χ0) is 3.41. The quantitative estimate of drug-likeness (QED) is 0.444. The summed E-state index contributed by atoms with van der Waals surface area (Å²) >= 11 is 2.81. The average molecular weight is 135 g/mol. The summed E-state index contributed by atoms with van der Waals surface area (Å²) < 4.78 is 0. The molecule has 0 atom stereocenters. The van der Waals surface area contributed by atoms with Crippen LogP contribution in [-0.4, -0.2) is 0 Å². The molecule has 0 nitrogen and oxygen atoms in total. The van der Waals surface area contributed by atoms with Crippen LogP contribution in [0.3, 0.4) is 0 Å². The molecule has 0 fully saturated rings. The molecule has 0 aliphatic heterocycles. The maximum atomic E-state index is 3.51. The van der Waals surface area contributed by atoms with Gasteiger partial charge >= 0.3 is 35.6 Å². The Kier molecular flexibility index (Phi) is 4.33. The summed E-state index contributed by atoms with van der Waals surface area (Å²) in [5, 5.41) is 2.36. The Morgan fingerprint density at radius 2 is 2.00 bits per heavy atom. The molecule has 0 bridgehead atoms. The molecule has 0 rings (SSSR count). The Hall–Kier alpha value is 0.690. The van der Waals surface area contributed by atoms with Crippen LogP contribution in [0.5, 0.6) is 0 Å². The van der Waals surface area contributed by atoms with Gasteiger partial charge in [-0.1, -0.05) is 0 Å². The summed E-state index contributed by atoms with van der Waals surface area (Å²) in [5.74, 6) is 0.